The lowest BCUT2D eigenvalue weighted by molar-refractivity contribution is -0.0211. The zero-order valence-electron chi connectivity index (χ0n) is 20.0. The second kappa shape index (κ2) is 20.5. The van der Waals surface area contributed by atoms with Crippen LogP contribution in [0.1, 0.15) is 10.4 Å². The molecule has 0 aromatic heterocycles. The molecule has 0 spiro atoms. The Hall–Kier alpha value is -1.68. The molecule has 0 saturated carbocycles. The third-order valence-corrected chi connectivity index (χ3v) is 5.02. The first-order valence-electron chi connectivity index (χ1n) is 11.1. The standard InChI is InChI=1S/C22H36O12S/c1-27-6-7-28-8-9-29-10-11-30-12-13-31-14-15-32-16-17-33-18-19-34-22(23)20-4-2-3-5-21(20)35(24,25)26/h2-5H,6-19H2,1H3,(H,24,25,26)/p-1. The topological polar surface area (TPSA) is 148 Å². The van der Waals surface area contributed by atoms with Crippen molar-refractivity contribution in [3.63, 3.8) is 0 Å². The molecule has 0 aliphatic rings. The molecule has 0 amide bonds. The van der Waals surface area contributed by atoms with E-state index < -0.39 is 21.0 Å². The zero-order valence-corrected chi connectivity index (χ0v) is 20.8. The monoisotopic (exact) mass is 523 g/mol. The van der Waals surface area contributed by atoms with Gasteiger partial charge in [0, 0.05) is 7.11 Å². The number of carbonyl (C=O) groups is 1. The van der Waals surface area contributed by atoms with E-state index in [2.05, 4.69) is 0 Å². The highest BCUT2D eigenvalue weighted by Gasteiger charge is 2.16. The van der Waals surface area contributed by atoms with E-state index in [4.69, 9.17) is 37.9 Å². The van der Waals surface area contributed by atoms with E-state index in [9.17, 15) is 17.8 Å². The molecule has 35 heavy (non-hydrogen) atoms. The largest absolute Gasteiger partial charge is 0.744 e. The van der Waals surface area contributed by atoms with Gasteiger partial charge in [-0.2, -0.15) is 0 Å². The molecule has 0 aliphatic carbocycles. The quantitative estimate of drug-likeness (QED) is 0.112. The van der Waals surface area contributed by atoms with Crippen LogP contribution in [0.2, 0.25) is 0 Å². The van der Waals surface area contributed by atoms with Gasteiger partial charge in [-0.05, 0) is 12.1 Å². The molecule has 1 aromatic rings. The van der Waals surface area contributed by atoms with Gasteiger partial charge in [0.15, 0.2) is 0 Å². The Labute approximate surface area is 206 Å². The first-order chi connectivity index (χ1) is 17.0. The van der Waals surface area contributed by atoms with Crippen molar-refractivity contribution in [2.45, 2.75) is 4.90 Å². The van der Waals surface area contributed by atoms with Crippen LogP contribution < -0.4 is 0 Å². The lowest BCUT2D eigenvalue weighted by Crippen LogP contribution is -2.16. The van der Waals surface area contributed by atoms with Gasteiger partial charge in [0.2, 0.25) is 0 Å². The van der Waals surface area contributed by atoms with Gasteiger partial charge in [0.05, 0.1) is 96.3 Å². The van der Waals surface area contributed by atoms with E-state index in [0.29, 0.717) is 72.7 Å². The average molecular weight is 524 g/mol. The molecule has 0 bridgehead atoms. The Kier molecular flexibility index (Phi) is 18.4. The summed E-state index contributed by atoms with van der Waals surface area (Å²) in [5, 5.41) is 0. The van der Waals surface area contributed by atoms with Crippen molar-refractivity contribution in [2.75, 3.05) is 99.6 Å². The van der Waals surface area contributed by atoms with Crippen LogP contribution in [0.15, 0.2) is 29.2 Å². The number of ether oxygens (including phenoxy) is 8. The molecule has 0 heterocycles. The fourth-order valence-electron chi connectivity index (χ4n) is 2.47. The number of esters is 1. The number of methoxy groups -OCH3 is 1. The average Bonchev–Trinajstić information content (AvgIpc) is 2.84. The summed E-state index contributed by atoms with van der Waals surface area (Å²) in [6.07, 6.45) is 0. The first kappa shape index (κ1) is 31.4. The molecule has 13 heteroatoms. The Morgan fingerprint density at radius 3 is 1.43 bits per heavy atom. The molecule has 202 valence electrons. The highest BCUT2D eigenvalue weighted by molar-refractivity contribution is 7.85. The summed E-state index contributed by atoms with van der Waals surface area (Å²) in [5.41, 5.74) is -0.302. The van der Waals surface area contributed by atoms with Gasteiger partial charge >= 0.3 is 5.97 Å². The minimum atomic E-state index is -4.77. The smallest absolute Gasteiger partial charge is 0.339 e. The van der Waals surface area contributed by atoms with Crippen molar-refractivity contribution in [1.82, 2.24) is 0 Å². The first-order valence-corrected chi connectivity index (χ1v) is 12.5. The number of hydrogen-bond donors (Lipinski definition) is 0. The lowest BCUT2D eigenvalue weighted by atomic mass is 10.2. The highest BCUT2D eigenvalue weighted by Crippen LogP contribution is 2.15. The third-order valence-electron chi connectivity index (χ3n) is 4.13. The van der Waals surface area contributed by atoms with Crippen LogP contribution in [-0.2, 0) is 48.0 Å². The zero-order chi connectivity index (χ0) is 25.6. The van der Waals surface area contributed by atoms with Crippen LogP contribution in [-0.4, -0.2) is 119 Å². The fourth-order valence-corrected chi connectivity index (χ4v) is 3.13. The van der Waals surface area contributed by atoms with E-state index in [1.807, 2.05) is 0 Å². The van der Waals surface area contributed by atoms with Gasteiger partial charge in [-0.15, -0.1) is 0 Å². The number of hydrogen-bond acceptors (Lipinski definition) is 12. The maximum absolute atomic E-state index is 12.0. The SMILES string of the molecule is COCCOCCOCCOCCOCCOCCOCCOC(=O)c1ccccc1S(=O)(=O)[O-]. The van der Waals surface area contributed by atoms with Gasteiger partial charge in [-0.25, -0.2) is 13.2 Å². The molecular formula is C22H35O12S-. The molecule has 0 aliphatic heterocycles. The van der Waals surface area contributed by atoms with Gasteiger partial charge in [-0.1, -0.05) is 12.1 Å². The Morgan fingerprint density at radius 1 is 0.657 bits per heavy atom. The predicted molar refractivity (Wildman–Crippen MR) is 121 cm³/mol. The molecule has 0 N–H and O–H groups in total. The molecule has 0 atom stereocenters. The van der Waals surface area contributed by atoms with Gasteiger partial charge < -0.3 is 42.4 Å². The number of benzene rings is 1. The third kappa shape index (κ3) is 16.6. The Morgan fingerprint density at radius 2 is 1.03 bits per heavy atom. The van der Waals surface area contributed by atoms with Crippen LogP contribution in [0, 0.1) is 0 Å². The molecule has 1 aromatic carbocycles. The summed E-state index contributed by atoms with van der Waals surface area (Å²) in [6, 6.07) is 5.07. The van der Waals surface area contributed by atoms with Crippen molar-refractivity contribution in [3.05, 3.63) is 29.8 Å². The number of carbonyl (C=O) groups excluding carboxylic acids is 1. The Bertz CT molecular complexity index is 771. The van der Waals surface area contributed by atoms with E-state index >= 15 is 0 Å². The summed E-state index contributed by atoms with van der Waals surface area (Å²) in [4.78, 5) is 11.4. The maximum atomic E-state index is 12.0. The molecule has 0 unspecified atom stereocenters. The summed E-state index contributed by atoms with van der Waals surface area (Å²) in [7, 11) is -3.15. The normalized spacial score (nSPS) is 11.6. The minimum absolute atomic E-state index is 0.0949. The predicted octanol–water partition coefficient (Wildman–Crippen LogP) is 0.494. The fraction of sp³-hybridized carbons (Fsp3) is 0.682. The van der Waals surface area contributed by atoms with Crippen molar-refractivity contribution >= 4 is 16.1 Å². The van der Waals surface area contributed by atoms with E-state index in [1.54, 1.807) is 7.11 Å². The van der Waals surface area contributed by atoms with Crippen molar-refractivity contribution in [2.24, 2.45) is 0 Å². The van der Waals surface area contributed by atoms with Crippen LogP contribution in [0.25, 0.3) is 0 Å². The molecule has 1 rings (SSSR count). The summed E-state index contributed by atoms with van der Waals surface area (Å²) in [6.45, 7) is 5.47. The van der Waals surface area contributed by atoms with Gasteiger partial charge in [0.25, 0.3) is 0 Å². The van der Waals surface area contributed by atoms with Crippen LogP contribution in [0.3, 0.4) is 0 Å². The Balaban J connectivity index is 1.86. The summed E-state index contributed by atoms with van der Waals surface area (Å²) in [5.74, 6) is -0.906. The van der Waals surface area contributed by atoms with Crippen molar-refractivity contribution in [3.8, 4) is 0 Å². The van der Waals surface area contributed by atoms with Crippen molar-refractivity contribution in [1.29, 1.82) is 0 Å². The van der Waals surface area contributed by atoms with Crippen LogP contribution >= 0.6 is 0 Å². The van der Waals surface area contributed by atoms with Gasteiger partial charge in [0.1, 0.15) is 16.7 Å². The van der Waals surface area contributed by atoms with Crippen molar-refractivity contribution < 1.29 is 55.7 Å². The molecule has 0 fully saturated rings. The highest BCUT2D eigenvalue weighted by atomic mass is 32.2. The van der Waals surface area contributed by atoms with Gasteiger partial charge in [-0.3, -0.25) is 0 Å². The van der Waals surface area contributed by atoms with E-state index in [-0.39, 0.29) is 25.4 Å². The molecule has 0 radical (unpaired) electrons. The van der Waals surface area contributed by atoms with E-state index in [0.717, 1.165) is 6.07 Å². The second-order valence-corrected chi connectivity index (χ2v) is 8.10. The van der Waals surface area contributed by atoms with E-state index in [1.165, 1.54) is 18.2 Å². The van der Waals surface area contributed by atoms with Crippen LogP contribution in [0.5, 0.6) is 0 Å². The maximum Gasteiger partial charge on any atom is 0.339 e. The lowest BCUT2D eigenvalue weighted by Gasteiger charge is -2.12. The minimum Gasteiger partial charge on any atom is -0.744 e. The number of rotatable bonds is 23. The molecular weight excluding hydrogens is 488 g/mol. The summed E-state index contributed by atoms with van der Waals surface area (Å²) < 4.78 is 75.4. The van der Waals surface area contributed by atoms with Crippen LogP contribution in [0.4, 0.5) is 0 Å². The second-order valence-electron chi connectivity index (χ2n) is 6.75. The molecule has 0 saturated heterocycles. The molecule has 12 nitrogen and oxygen atoms in total. The summed E-state index contributed by atoms with van der Waals surface area (Å²) >= 11 is 0.